The lowest BCUT2D eigenvalue weighted by Crippen LogP contribution is -2.56. The van der Waals surface area contributed by atoms with Crippen LogP contribution in [0.15, 0.2) is 10.9 Å². The van der Waals surface area contributed by atoms with Crippen LogP contribution in [-0.4, -0.2) is 65.0 Å². The third kappa shape index (κ3) is 4.42. The van der Waals surface area contributed by atoms with E-state index in [9.17, 15) is 9.59 Å². The van der Waals surface area contributed by atoms with E-state index in [1.807, 2.05) is 12.3 Å². The molecule has 3 rings (SSSR count). The Labute approximate surface area is 140 Å². The number of thiazole rings is 1. The molecule has 1 aliphatic heterocycles. The molecule has 2 heterocycles. The number of nitrogens with one attached hydrogen (secondary N) is 2. The van der Waals surface area contributed by atoms with E-state index < -0.39 is 0 Å². The summed E-state index contributed by atoms with van der Waals surface area (Å²) in [6, 6.07) is 0.200. The van der Waals surface area contributed by atoms with Gasteiger partial charge in [0.15, 0.2) is 0 Å². The first-order valence-electron chi connectivity index (χ1n) is 8.08. The first kappa shape index (κ1) is 16.2. The monoisotopic (exact) mass is 337 g/mol. The number of carbonyl (C=O) groups excluding carboxylic acids is 2. The summed E-state index contributed by atoms with van der Waals surface area (Å²) >= 11 is 1.52. The Hall–Kier alpha value is -1.67. The van der Waals surface area contributed by atoms with Crippen LogP contribution in [0.4, 0.5) is 4.79 Å². The summed E-state index contributed by atoms with van der Waals surface area (Å²) in [5.41, 5.74) is 2.64. The van der Waals surface area contributed by atoms with Gasteiger partial charge in [-0.15, -0.1) is 11.3 Å². The minimum absolute atomic E-state index is 0.0623. The van der Waals surface area contributed by atoms with E-state index in [0.29, 0.717) is 25.7 Å². The third-order valence-electron chi connectivity index (χ3n) is 4.36. The maximum Gasteiger partial charge on any atom is 0.317 e. The number of amides is 3. The van der Waals surface area contributed by atoms with Gasteiger partial charge < -0.3 is 15.5 Å². The summed E-state index contributed by atoms with van der Waals surface area (Å²) in [5.74, 6) is 0.105. The van der Waals surface area contributed by atoms with Crippen molar-refractivity contribution in [1.29, 1.82) is 0 Å². The quantitative estimate of drug-likeness (QED) is 0.826. The lowest BCUT2D eigenvalue weighted by Gasteiger charge is -2.37. The second-order valence-electron chi connectivity index (χ2n) is 6.12. The van der Waals surface area contributed by atoms with Gasteiger partial charge >= 0.3 is 6.03 Å². The zero-order valence-corrected chi connectivity index (χ0v) is 14.1. The van der Waals surface area contributed by atoms with Crippen LogP contribution in [0.2, 0.25) is 0 Å². The van der Waals surface area contributed by atoms with Crippen LogP contribution in [0, 0.1) is 0 Å². The van der Waals surface area contributed by atoms with E-state index in [1.54, 1.807) is 10.4 Å². The number of nitrogens with zero attached hydrogens (tertiary/aromatic N) is 3. The minimum atomic E-state index is -0.129. The summed E-state index contributed by atoms with van der Waals surface area (Å²) in [4.78, 5) is 32.3. The zero-order chi connectivity index (χ0) is 16.2. The van der Waals surface area contributed by atoms with Gasteiger partial charge in [-0.05, 0) is 19.8 Å². The van der Waals surface area contributed by atoms with Gasteiger partial charge in [0.25, 0.3) is 0 Å². The second kappa shape index (κ2) is 7.27. The van der Waals surface area contributed by atoms with Crippen molar-refractivity contribution in [3.8, 4) is 0 Å². The molecule has 7 nitrogen and oxygen atoms in total. The first-order valence-corrected chi connectivity index (χ1v) is 9.02. The van der Waals surface area contributed by atoms with Crippen molar-refractivity contribution < 1.29 is 9.59 Å². The van der Waals surface area contributed by atoms with Crippen molar-refractivity contribution in [1.82, 2.24) is 25.4 Å². The molecule has 1 unspecified atom stereocenters. The van der Waals surface area contributed by atoms with Gasteiger partial charge in [0.05, 0.1) is 23.8 Å². The van der Waals surface area contributed by atoms with E-state index >= 15 is 0 Å². The summed E-state index contributed by atoms with van der Waals surface area (Å²) in [6.07, 6.45) is 2.21. The molecule has 1 atom stereocenters. The molecule has 126 valence electrons. The number of carbonyl (C=O) groups is 2. The normalized spacial score (nSPS) is 20.1. The zero-order valence-electron chi connectivity index (χ0n) is 13.3. The predicted octanol–water partition coefficient (Wildman–Crippen LogP) is 0.637. The molecule has 1 aliphatic carbocycles. The lowest BCUT2D eigenvalue weighted by atomic mass is 10.2. The highest BCUT2D eigenvalue weighted by atomic mass is 32.1. The van der Waals surface area contributed by atoms with Crippen LogP contribution in [-0.2, 0) is 11.3 Å². The van der Waals surface area contributed by atoms with Crippen molar-refractivity contribution in [2.24, 2.45) is 0 Å². The third-order valence-corrected chi connectivity index (χ3v) is 4.99. The van der Waals surface area contributed by atoms with Crippen molar-refractivity contribution >= 4 is 23.3 Å². The minimum Gasteiger partial charge on any atom is -0.352 e. The molecule has 2 aliphatic rings. The van der Waals surface area contributed by atoms with Crippen LogP contribution in [0.25, 0.3) is 0 Å². The number of piperazine rings is 1. The fourth-order valence-corrected chi connectivity index (χ4v) is 3.19. The lowest BCUT2D eigenvalue weighted by molar-refractivity contribution is -0.126. The second-order valence-corrected chi connectivity index (χ2v) is 6.84. The van der Waals surface area contributed by atoms with E-state index in [1.165, 1.54) is 11.3 Å². The summed E-state index contributed by atoms with van der Waals surface area (Å²) in [6.45, 7) is 5.14. The molecule has 1 aromatic heterocycles. The number of urea groups is 1. The predicted molar refractivity (Wildman–Crippen MR) is 88.1 cm³/mol. The smallest absolute Gasteiger partial charge is 0.317 e. The highest BCUT2D eigenvalue weighted by Gasteiger charge is 2.30. The SMILES string of the molecule is CC(C(=O)NC1CC1)N1CCN(C(=O)NCc2cscn2)CC1. The van der Waals surface area contributed by atoms with Crippen LogP contribution in [0.5, 0.6) is 0 Å². The first-order chi connectivity index (χ1) is 11.1. The highest BCUT2D eigenvalue weighted by Crippen LogP contribution is 2.19. The summed E-state index contributed by atoms with van der Waals surface area (Å²) in [5, 5.41) is 7.86. The molecule has 0 radical (unpaired) electrons. The molecule has 2 fully saturated rings. The van der Waals surface area contributed by atoms with Crippen molar-refractivity contribution in [3.63, 3.8) is 0 Å². The van der Waals surface area contributed by atoms with Crippen LogP contribution in [0.1, 0.15) is 25.5 Å². The fraction of sp³-hybridized carbons (Fsp3) is 0.667. The molecule has 0 aromatic carbocycles. The molecular formula is C15H23N5O2S. The van der Waals surface area contributed by atoms with Crippen LogP contribution < -0.4 is 10.6 Å². The summed E-state index contributed by atoms with van der Waals surface area (Å²) < 4.78 is 0. The maximum atomic E-state index is 12.2. The Kier molecular flexibility index (Phi) is 5.12. The Balaban J connectivity index is 1.40. The molecule has 2 N–H and O–H groups in total. The molecule has 23 heavy (non-hydrogen) atoms. The van der Waals surface area contributed by atoms with E-state index in [0.717, 1.165) is 31.6 Å². The van der Waals surface area contributed by atoms with Gasteiger partial charge in [-0.2, -0.15) is 0 Å². The number of rotatable bonds is 5. The molecule has 1 saturated heterocycles. The number of aromatic nitrogens is 1. The van der Waals surface area contributed by atoms with Gasteiger partial charge in [0.1, 0.15) is 0 Å². The average molecular weight is 337 g/mol. The average Bonchev–Trinajstić information content (AvgIpc) is 3.23. The molecule has 8 heteroatoms. The standard InChI is InChI=1S/C15H23N5O2S/c1-11(14(21)18-12-2-3-12)19-4-6-20(7-5-19)15(22)16-8-13-9-23-10-17-13/h9-12H,2-8H2,1H3,(H,16,22)(H,18,21). The Morgan fingerprint density at radius 2 is 2.09 bits per heavy atom. The maximum absolute atomic E-state index is 12.2. The molecule has 1 saturated carbocycles. The molecule has 0 spiro atoms. The van der Waals surface area contributed by atoms with Crippen molar-refractivity contribution in [3.05, 3.63) is 16.6 Å². The van der Waals surface area contributed by atoms with Gasteiger partial charge in [0, 0.05) is 37.6 Å². The van der Waals surface area contributed by atoms with E-state index in [4.69, 9.17) is 0 Å². The number of hydrogen-bond donors (Lipinski definition) is 2. The topological polar surface area (TPSA) is 77.6 Å². The number of hydrogen-bond acceptors (Lipinski definition) is 5. The van der Waals surface area contributed by atoms with E-state index in [-0.39, 0.29) is 18.0 Å². The largest absolute Gasteiger partial charge is 0.352 e. The summed E-state index contributed by atoms with van der Waals surface area (Å²) in [7, 11) is 0. The van der Waals surface area contributed by atoms with Crippen LogP contribution in [0.3, 0.4) is 0 Å². The molecular weight excluding hydrogens is 314 g/mol. The van der Waals surface area contributed by atoms with Gasteiger partial charge in [0.2, 0.25) is 5.91 Å². The van der Waals surface area contributed by atoms with Gasteiger partial charge in [-0.1, -0.05) is 0 Å². The van der Waals surface area contributed by atoms with Crippen molar-refractivity contribution in [2.75, 3.05) is 26.2 Å². The Morgan fingerprint density at radius 1 is 1.35 bits per heavy atom. The van der Waals surface area contributed by atoms with Gasteiger partial charge in [-0.25, -0.2) is 9.78 Å². The molecule has 1 aromatic rings. The van der Waals surface area contributed by atoms with E-state index in [2.05, 4.69) is 20.5 Å². The van der Waals surface area contributed by atoms with Gasteiger partial charge in [-0.3, -0.25) is 9.69 Å². The van der Waals surface area contributed by atoms with Crippen molar-refractivity contribution in [2.45, 2.75) is 38.4 Å². The molecule has 0 bridgehead atoms. The van der Waals surface area contributed by atoms with Crippen LogP contribution >= 0.6 is 11.3 Å². The molecule has 3 amide bonds. The Morgan fingerprint density at radius 3 is 2.70 bits per heavy atom. The highest BCUT2D eigenvalue weighted by molar-refractivity contribution is 7.07. The fourth-order valence-electron chi connectivity index (χ4n) is 2.63. The Bertz CT molecular complexity index is 538.